The second-order valence-electron chi connectivity index (χ2n) is 4.38. The molecule has 2 rings (SSSR count). The van der Waals surface area contributed by atoms with Crippen LogP contribution in [-0.4, -0.2) is 64.2 Å². The number of aryl methyl sites for hydroxylation is 1. The van der Waals surface area contributed by atoms with Crippen LogP contribution >= 0.6 is 0 Å². The van der Waals surface area contributed by atoms with Crippen LogP contribution in [0, 0.1) is 6.92 Å². The minimum atomic E-state index is -0.607. The molecule has 1 aromatic heterocycles. The van der Waals surface area contributed by atoms with Crippen LogP contribution in [0.15, 0.2) is 0 Å². The lowest BCUT2D eigenvalue weighted by Crippen LogP contribution is -2.50. The summed E-state index contributed by atoms with van der Waals surface area (Å²) in [5, 5.41) is 8.92. The molecule has 1 aliphatic heterocycles. The smallest absolute Gasteiger partial charge is 0.291 e. The van der Waals surface area contributed by atoms with E-state index in [-0.39, 0.29) is 11.7 Å². The van der Waals surface area contributed by atoms with E-state index in [1.54, 1.807) is 18.7 Å². The van der Waals surface area contributed by atoms with Crippen molar-refractivity contribution in [2.75, 3.05) is 26.3 Å². The van der Waals surface area contributed by atoms with Crippen molar-refractivity contribution in [1.82, 2.24) is 25.4 Å². The molecule has 19 heavy (non-hydrogen) atoms. The van der Waals surface area contributed by atoms with Crippen molar-refractivity contribution in [2.24, 2.45) is 0 Å². The SMILES string of the molecule is Cc1nc(C(=O)NC(C)C(=O)N2CCOCC2)n[nH]1. The predicted octanol–water partition coefficient (Wildman–Crippen LogP) is -0.910. The molecule has 0 aliphatic carbocycles. The molecule has 1 atom stereocenters. The van der Waals surface area contributed by atoms with Gasteiger partial charge in [-0.3, -0.25) is 14.7 Å². The monoisotopic (exact) mass is 267 g/mol. The van der Waals surface area contributed by atoms with Gasteiger partial charge in [0, 0.05) is 13.1 Å². The zero-order valence-electron chi connectivity index (χ0n) is 11.0. The van der Waals surface area contributed by atoms with Crippen molar-refractivity contribution < 1.29 is 14.3 Å². The van der Waals surface area contributed by atoms with Gasteiger partial charge in [0.2, 0.25) is 11.7 Å². The summed E-state index contributed by atoms with van der Waals surface area (Å²) in [4.78, 5) is 29.5. The van der Waals surface area contributed by atoms with Crippen LogP contribution in [0.4, 0.5) is 0 Å². The molecule has 1 fully saturated rings. The van der Waals surface area contributed by atoms with E-state index in [4.69, 9.17) is 4.74 Å². The Morgan fingerprint density at radius 2 is 2.11 bits per heavy atom. The summed E-state index contributed by atoms with van der Waals surface area (Å²) in [5.74, 6) is 0.0128. The molecule has 0 saturated carbocycles. The van der Waals surface area contributed by atoms with Crippen LogP contribution in [0.2, 0.25) is 0 Å². The van der Waals surface area contributed by atoms with E-state index in [0.29, 0.717) is 32.1 Å². The molecule has 2 amide bonds. The Kier molecular flexibility index (Phi) is 4.10. The fourth-order valence-electron chi connectivity index (χ4n) is 1.82. The van der Waals surface area contributed by atoms with Gasteiger partial charge in [0.25, 0.3) is 5.91 Å². The first-order valence-corrected chi connectivity index (χ1v) is 6.14. The number of hydrogen-bond donors (Lipinski definition) is 2. The molecule has 8 heteroatoms. The third-order valence-electron chi connectivity index (χ3n) is 2.84. The summed E-state index contributed by atoms with van der Waals surface area (Å²) in [6.07, 6.45) is 0. The lowest BCUT2D eigenvalue weighted by molar-refractivity contribution is -0.136. The van der Waals surface area contributed by atoms with Crippen molar-refractivity contribution in [3.05, 3.63) is 11.6 Å². The number of nitrogens with zero attached hydrogens (tertiary/aromatic N) is 3. The van der Waals surface area contributed by atoms with E-state index in [0.717, 1.165) is 0 Å². The lowest BCUT2D eigenvalue weighted by atomic mass is 10.2. The quantitative estimate of drug-likeness (QED) is 0.738. The molecule has 104 valence electrons. The number of H-pyrrole nitrogens is 1. The second kappa shape index (κ2) is 5.79. The van der Waals surface area contributed by atoms with Crippen molar-refractivity contribution in [3.63, 3.8) is 0 Å². The number of ether oxygens (including phenoxy) is 1. The van der Waals surface area contributed by atoms with Crippen LogP contribution in [-0.2, 0) is 9.53 Å². The normalized spacial score (nSPS) is 17.1. The molecule has 1 unspecified atom stereocenters. The molecule has 2 N–H and O–H groups in total. The van der Waals surface area contributed by atoms with Crippen LogP contribution < -0.4 is 5.32 Å². The Morgan fingerprint density at radius 1 is 1.42 bits per heavy atom. The fourth-order valence-corrected chi connectivity index (χ4v) is 1.82. The summed E-state index contributed by atoms with van der Waals surface area (Å²) in [6, 6.07) is -0.607. The molecule has 0 spiro atoms. The number of aromatic nitrogens is 3. The summed E-state index contributed by atoms with van der Waals surface area (Å²) < 4.78 is 5.18. The van der Waals surface area contributed by atoms with Gasteiger partial charge >= 0.3 is 0 Å². The van der Waals surface area contributed by atoms with Gasteiger partial charge in [0.05, 0.1) is 13.2 Å². The van der Waals surface area contributed by atoms with Crippen molar-refractivity contribution in [2.45, 2.75) is 19.9 Å². The van der Waals surface area contributed by atoms with E-state index in [1.165, 1.54) is 0 Å². The molecule has 0 bridgehead atoms. The topological polar surface area (TPSA) is 100 Å². The number of rotatable bonds is 3. The van der Waals surface area contributed by atoms with Gasteiger partial charge in [-0.05, 0) is 13.8 Å². The molecular formula is C11H17N5O3. The molecule has 0 aromatic carbocycles. The molecule has 2 heterocycles. The number of amides is 2. The Labute approximate surface area is 110 Å². The fraction of sp³-hybridized carbons (Fsp3) is 0.636. The predicted molar refractivity (Wildman–Crippen MR) is 65.4 cm³/mol. The average Bonchev–Trinajstić information content (AvgIpc) is 2.85. The number of hydrogen-bond acceptors (Lipinski definition) is 5. The Balaban J connectivity index is 1.91. The zero-order valence-corrected chi connectivity index (χ0v) is 11.0. The summed E-state index contributed by atoms with van der Waals surface area (Å²) in [5.41, 5.74) is 0. The maximum absolute atomic E-state index is 12.1. The van der Waals surface area contributed by atoms with Crippen LogP contribution in [0.25, 0.3) is 0 Å². The molecule has 1 aliphatic rings. The van der Waals surface area contributed by atoms with Gasteiger partial charge in [-0.2, -0.15) is 0 Å². The van der Waals surface area contributed by atoms with Gasteiger partial charge in [0.1, 0.15) is 11.9 Å². The van der Waals surface area contributed by atoms with Gasteiger partial charge in [0.15, 0.2) is 0 Å². The molecule has 0 radical (unpaired) electrons. The van der Waals surface area contributed by atoms with Gasteiger partial charge in [-0.15, -0.1) is 5.10 Å². The zero-order chi connectivity index (χ0) is 13.8. The standard InChI is InChI=1S/C11H17N5O3/c1-7(11(18)16-3-5-19-6-4-16)12-10(17)9-13-8(2)14-15-9/h7H,3-6H2,1-2H3,(H,12,17)(H,13,14,15). The first kappa shape index (κ1) is 13.5. The molecular weight excluding hydrogens is 250 g/mol. The van der Waals surface area contributed by atoms with Crippen molar-refractivity contribution in [1.29, 1.82) is 0 Å². The molecule has 1 saturated heterocycles. The van der Waals surface area contributed by atoms with E-state index in [1.807, 2.05) is 0 Å². The van der Waals surface area contributed by atoms with E-state index < -0.39 is 11.9 Å². The van der Waals surface area contributed by atoms with Crippen LogP contribution in [0.1, 0.15) is 23.4 Å². The van der Waals surface area contributed by atoms with Crippen LogP contribution in [0.5, 0.6) is 0 Å². The van der Waals surface area contributed by atoms with Crippen molar-refractivity contribution >= 4 is 11.8 Å². The lowest BCUT2D eigenvalue weighted by Gasteiger charge is -2.29. The number of carbonyl (C=O) groups is 2. The first-order chi connectivity index (χ1) is 9.08. The summed E-state index contributed by atoms with van der Waals surface area (Å²) in [7, 11) is 0. The van der Waals surface area contributed by atoms with E-state index in [2.05, 4.69) is 20.5 Å². The highest BCUT2D eigenvalue weighted by Gasteiger charge is 2.24. The number of nitrogens with one attached hydrogen (secondary N) is 2. The highest BCUT2D eigenvalue weighted by Crippen LogP contribution is 2.01. The van der Waals surface area contributed by atoms with Gasteiger partial charge in [-0.1, -0.05) is 0 Å². The minimum absolute atomic E-state index is 0.0409. The third-order valence-corrected chi connectivity index (χ3v) is 2.84. The van der Waals surface area contributed by atoms with Crippen molar-refractivity contribution in [3.8, 4) is 0 Å². The van der Waals surface area contributed by atoms with Gasteiger partial charge < -0.3 is 15.0 Å². The third kappa shape index (κ3) is 3.28. The number of aromatic amines is 1. The maximum Gasteiger partial charge on any atom is 0.291 e. The van der Waals surface area contributed by atoms with Gasteiger partial charge in [-0.25, -0.2) is 4.98 Å². The average molecular weight is 267 g/mol. The Bertz CT molecular complexity index is 467. The molecule has 1 aromatic rings. The summed E-state index contributed by atoms with van der Waals surface area (Å²) >= 11 is 0. The first-order valence-electron chi connectivity index (χ1n) is 6.14. The second-order valence-corrected chi connectivity index (χ2v) is 4.38. The van der Waals surface area contributed by atoms with E-state index >= 15 is 0 Å². The highest BCUT2D eigenvalue weighted by molar-refractivity contribution is 5.94. The number of carbonyl (C=O) groups excluding carboxylic acids is 2. The largest absolute Gasteiger partial charge is 0.378 e. The summed E-state index contributed by atoms with van der Waals surface area (Å²) in [6.45, 7) is 5.53. The molecule has 8 nitrogen and oxygen atoms in total. The Hall–Kier alpha value is -1.96. The Morgan fingerprint density at radius 3 is 2.68 bits per heavy atom. The minimum Gasteiger partial charge on any atom is -0.378 e. The number of morpholine rings is 1. The van der Waals surface area contributed by atoms with E-state index in [9.17, 15) is 9.59 Å². The highest BCUT2D eigenvalue weighted by atomic mass is 16.5. The maximum atomic E-state index is 12.1. The van der Waals surface area contributed by atoms with Crippen LogP contribution in [0.3, 0.4) is 0 Å².